The summed E-state index contributed by atoms with van der Waals surface area (Å²) in [5.74, 6) is -3.68. The molecule has 9 heteroatoms. The third kappa shape index (κ3) is 4.50. The topological polar surface area (TPSA) is 83.6 Å². The van der Waals surface area contributed by atoms with Gasteiger partial charge >= 0.3 is 0 Å². The number of hydrogen-bond donors (Lipinski definition) is 1. The van der Waals surface area contributed by atoms with Gasteiger partial charge in [-0.05, 0) is 37.7 Å². The van der Waals surface area contributed by atoms with E-state index < -0.39 is 23.2 Å². The maximum Gasteiger partial charge on any atom is 0.299 e. The Hall–Kier alpha value is -2.70. The summed E-state index contributed by atoms with van der Waals surface area (Å²) < 4.78 is 27.2. The number of pyridine rings is 3. The first-order valence-corrected chi connectivity index (χ1v) is 9.29. The molecule has 3 aromatic rings. The van der Waals surface area contributed by atoms with Crippen LogP contribution in [0.4, 0.5) is 8.78 Å². The molecule has 0 aromatic carbocycles. The summed E-state index contributed by atoms with van der Waals surface area (Å²) in [6.45, 7) is 3.82. The molecule has 0 unspecified atom stereocenters. The van der Waals surface area contributed by atoms with Crippen LogP contribution in [0, 0.1) is 18.0 Å². The zero-order chi connectivity index (χ0) is 21.4. The van der Waals surface area contributed by atoms with E-state index in [4.69, 9.17) is 0 Å². The van der Waals surface area contributed by atoms with Crippen molar-refractivity contribution >= 4 is 12.4 Å². The molecule has 0 bridgehead atoms. The van der Waals surface area contributed by atoms with E-state index in [9.17, 15) is 13.9 Å². The first-order valence-electron chi connectivity index (χ1n) is 9.29. The summed E-state index contributed by atoms with van der Waals surface area (Å²) in [7, 11) is 0. The molecule has 0 aliphatic carbocycles. The zero-order valence-corrected chi connectivity index (χ0v) is 18.9. The summed E-state index contributed by atoms with van der Waals surface area (Å²) in [5.41, 5.74) is 1.07. The molecular weight excluding hydrogens is 583 g/mol. The second-order valence-corrected chi connectivity index (χ2v) is 7.32. The third-order valence-corrected chi connectivity index (χ3v) is 4.88. The van der Waals surface area contributed by atoms with Gasteiger partial charge in [-0.3, -0.25) is 4.98 Å². The van der Waals surface area contributed by atoms with E-state index in [1.165, 1.54) is 0 Å². The summed E-state index contributed by atoms with van der Waals surface area (Å²) in [6, 6.07) is 13.8. The van der Waals surface area contributed by atoms with Gasteiger partial charge in [0.25, 0.3) is 5.85 Å². The molecule has 0 spiro atoms. The van der Waals surface area contributed by atoms with Crippen molar-refractivity contribution in [2.75, 3.05) is 0 Å². The standard InChI is InChI=1S/C22H18F2N5O.Pt/c1-21(2,17-8-4-9-18(28-17)22(30)25-12-5-13-26-22)16-7-3-6-15(27-16)14-10-11-19(23)29-20(14)24;/h3-4,6-9,11-13,30H,5H2,1-2H3;/q-1;. The first-order chi connectivity index (χ1) is 14.3. The third-order valence-electron chi connectivity index (χ3n) is 4.88. The predicted octanol–water partition coefficient (Wildman–Crippen LogP) is 3.59. The van der Waals surface area contributed by atoms with Crippen molar-refractivity contribution in [3.8, 4) is 11.3 Å². The van der Waals surface area contributed by atoms with E-state index in [-0.39, 0.29) is 32.3 Å². The molecule has 6 nitrogen and oxygen atoms in total. The first kappa shape index (κ1) is 23.0. The summed E-state index contributed by atoms with van der Waals surface area (Å²) in [5, 5.41) is 10.7. The number of aliphatic imine (C=N–C) groups is 2. The molecule has 0 atom stereocenters. The summed E-state index contributed by atoms with van der Waals surface area (Å²) in [6.07, 6.45) is 3.72. The Morgan fingerprint density at radius 1 is 0.968 bits per heavy atom. The Bertz CT molecular complexity index is 1150. The van der Waals surface area contributed by atoms with E-state index in [1.807, 2.05) is 19.9 Å². The maximum atomic E-state index is 14.1. The molecule has 0 saturated heterocycles. The Morgan fingerprint density at radius 2 is 1.61 bits per heavy atom. The molecular formula is C22H18F2N5OPt-. The minimum Gasteiger partial charge on any atom is -0.346 e. The average Bonchev–Trinajstić information content (AvgIpc) is 2.74. The fraction of sp³-hybridized carbons (Fsp3) is 0.227. The van der Waals surface area contributed by atoms with Crippen LogP contribution in [-0.4, -0.2) is 32.5 Å². The fourth-order valence-electron chi connectivity index (χ4n) is 3.15. The minimum absolute atomic E-state index is 0. The second-order valence-electron chi connectivity index (χ2n) is 7.32. The molecule has 162 valence electrons. The van der Waals surface area contributed by atoms with Crippen molar-refractivity contribution < 1.29 is 35.0 Å². The Kier molecular flexibility index (Phi) is 6.53. The minimum atomic E-state index is -1.75. The molecule has 0 amide bonds. The SMILES string of the molecule is CC(C)(c1cccc(-c2[c-]cc(F)nc2F)n1)c1cccc(C2(O)N=CCC=N2)n1.[Pt]. The van der Waals surface area contributed by atoms with Gasteiger partial charge < -0.3 is 10.1 Å². The average molecular weight is 601 g/mol. The van der Waals surface area contributed by atoms with E-state index >= 15 is 0 Å². The molecule has 1 aliphatic rings. The van der Waals surface area contributed by atoms with Gasteiger partial charge in [0.2, 0.25) is 0 Å². The molecule has 0 saturated carbocycles. The number of aromatic nitrogens is 3. The Labute approximate surface area is 192 Å². The van der Waals surface area contributed by atoms with Crippen molar-refractivity contribution in [3.05, 3.63) is 77.5 Å². The van der Waals surface area contributed by atoms with Gasteiger partial charge in [0.05, 0.1) is 5.69 Å². The van der Waals surface area contributed by atoms with Crippen molar-refractivity contribution in [3.63, 3.8) is 0 Å². The second kappa shape index (κ2) is 8.81. The zero-order valence-electron chi connectivity index (χ0n) is 16.7. The van der Waals surface area contributed by atoms with Gasteiger partial charge in [-0.25, -0.2) is 23.7 Å². The molecule has 0 radical (unpaired) electrons. The molecule has 3 aromatic heterocycles. The van der Waals surface area contributed by atoms with E-state index in [2.05, 4.69) is 31.0 Å². The van der Waals surface area contributed by atoms with Gasteiger partial charge in [-0.15, -0.1) is 6.07 Å². The summed E-state index contributed by atoms with van der Waals surface area (Å²) >= 11 is 0. The van der Waals surface area contributed by atoms with Gasteiger partial charge in [-0.1, -0.05) is 29.8 Å². The van der Waals surface area contributed by atoms with Crippen LogP contribution in [-0.2, 0) is 32.3 Å². The molecule has 0 fully saturated rings. The van der Waals surface area contributed by atoms with Crippen LogP contribution in [0.2, 0.25) is 0 Å². The molecule has 4 heterocycles. The van der Waals surface area contributed by atoms with Crippen molar-refractivity contribution in [1.82, 2.24) is 15.0 Å². The monoisotopic (exact) mass is 601 g/mol. The summed E-state index contributed by atoms with van der Waals surface area (Å²) in [4.78, 5) is 20.5. The van der Waals surface area contributed by atoms with Crippen molar-refractivity contribution in [2.45, 2.75) is 31.5 Å². The number of halogens is 2. The predicted molar refractivity (Wildman–Crippen MR) is 108 cm³/mol. The van der Waals surface area contributed by atoms with Crippen molar-refractivity contribution in [2.24, 2.45) is 9.98 Å². The van der Waals surface area contributed by atoms with Gasteiger partial charge in [0.15, 0.2) is 0 Å². The van der Waals surface area contributed by atoms with Gasteiger partial charge in [0, 0.05) is 51.0 Å². The smallest absolute Gasteiger partial charge is 0.299 e. The number of aliphatic hydroxyl groups is 1. The van der Waals surface area contributed by atoms with E-state index in [0.29, 0.717) is 23.5 Å². The molecule has 1 N–H and O–H groups in total. The molecule has 4 rings (SSSR count). The Balaban J connectivity index is 0.00000272. The van der Waals surface area contributed by atoms with Crippen LogP contribution in [0.5, 0.6) is 0 Å². The quantitative estimate of drug-likeness (QED) is 0.366. The van der Waals surface area contributed by atoms with Crippen LogP contribution >= 0.6 is 0 Å². The van der Waals surface area contributed by atoms with Crippen LogP contribution in [0.15, 0.2) is 52.4 Å². The normalized spacial score (nSPS) is 14.9. The van der Waals surface area contributed by atoms with E-state index in [0.717, 1.165) is 6.07 Å². The van der Waals surface area contributed by atoms with Crippen LogP contribution < -0.4 is 0 Å². The number of rotatable bonds is 4. The maximum absolute atomic E-state index is 14.1. The van der Waals surface area contributed by atoms with Crippen LogP contribution in [0.25, 0.3) is 11.3 Å². The molecule has 31 heavy (non-hydrogen) atoms. The number of nitrogens with zero attached hydrogens (tertiary/aromatic N) is 5. The van der Waals surface area contributed by atoms with Crippen molar-refractivity contribution in [1.29, 1.82) is 0 Å². The van der Waals surface area contributed by atoms with Crippen LogP contribution in [0.3, 0.4) is 0 Å². The fourth-order valence-corrected chi connectivity index (χ4v) is 3.15. The van der Waals surface area contributed by atoms with Gasteiger partial charge in [0.1, 0.15) is 17.6 Å². The van der Waals surface area contributed by atoms with Gasteiger partial charge in [-0.2, -0.15) is 0 Å². The Morgan fingerprint density at radius 3 is 2.29 bits per heavy atom. The number of hydrogen-bond acceptors (Lipinski definition) is 6. The molecule has 1 aliphatic heterocycles. The largest absolute Gasteiger partial charge is 0.346 e. The van der Waals surface area contributed by atoms with Crippen LogP contribution in [0.1, 0.15) is 37.4 Å². The van der Waals surface area contributed by atoms with E-state index in [1.54, 1.807) is 42.8 Å².